The van der Waals surface area contributed by atoms with Crippen LogP contribution in [0.1, 0.15) is 17.3 Å². The Morgan fingerprint density at radius 3 is 2.62 bits per heavy atom. The smallest absolute Gasteiger partial charge is 0.270 e. The molecule has 0 radical (unpaired) electrons. The lowest BCUT2D eigenvalue weighted by Gasteiger charge is -2.13. The number of hydrazine groups is 1. The van der Waals surface area contributed by atoms with E-state index in [-0.39, 0.29) is 5.91 Å². The lowest BCUT2D eigenvalue weighted by Crippen LogP contribution is -2.46. The Kier molecular flexibility index (Phi) is 5.65. The van der Waals surface area contributed by atoms with Crippen LogP contribution in [0.5, 0.6) is 0 Å². The van der Waals surface area contributed by atoms with E-state index in [1.807, 2.05) is 49.4 Å². The van der Waals surface area contributed by atoms with Crippen LogP contribution in [0.25, 0.3) is 22.2 Å². The predicted octanol–water partition coefficient (Wildman–Crippen LogP) is 3.68. The number of nitrogens with zero attached hydrogens (tertiary/aromatic N) is 1. The molecule has 1 amide bonds. The van der Waals surface area contributed by atoms with Crippen molar-refractivity contribution >= 4 is 45.7 Å². The zero-order chi connectivity index (χ0) is 18.5. The topological polar surface area (TPSA) is 66.0 Å². The molecular formula is C19H17ClN4OS. The number of benzene rings is 2. The standard InChI is InChI=1S/C19H17ClN4OS/c1-2-21-19(26)24-23-18(25)14-11-17(13-8-3-5-9-15(13)20)22-16-10-6-4-7-12(14)16/h3-11H,2H2,1H3,(H,23,25)(H2,21,24,26). The van der Waals surface area contributed by atoms with Crippen molar-refractivity contribution in [2.45, 2.75) is 6.92 Å². The van der Waals surface area contributed by atoms with Gasteiger partial charge in [0.2, 0.25) is 0 Å². The molecule has 0 saturated heterocycles. The molecule has 0 aliphatic rings. The van der Waals surface area contributed by atoms with E-state index in [0.717, 1.165) is 10.9 Å². The van der Waals surface area contributed by atoms with Gasteiger partial charge in [-0.15, -0.1) is 0 Å². The quantitative estimate of drug-likeness (QED) is 0.475. The number of para-hydroxylation sites is 1. The van der Waals surface area contributed by atoms with Crippen molar-refractivity contribution in [1.29, 1.82) is 0 Å². The van der Waals surface area contributed by atoms with E-state index >= 15 is 0 Å². The Bertz CT molecular complexity index is 977. The van der Waals surface area contributed by atoms with Crippen LogP contribution in [0, 0.1) is 0 Å². The first kappa shape index (κ1) is 18.1. The molecule has 0 aliphatic carbocycles. The monoisotopic (exact) mass is 384 g/mol. The van der Waals surface area contributed by atoms with Crippen molar-refractivity contribution in [2.24, 2.45) is 0 Å². The summed E-state index contributed by atoms with van der Waals surface area (Å²) in [6.45, 7) is 2.58. The average molecular weight is 385 g/mol. The van der Waals surface area contributed by atoms with Gasteiger partial charge in [-0.25, -0.2) is 4.98 Å². The van der Waals surface area contributed by atoms with Gasteiger partial charge < -0.3 is 5.32 Å². The Balaban J connectivity index is 2.02. The number of carbonyl (C=O) groups excluding carboxylic acids is 1. The van der Waals surface area contributed by atoms with Crippen molar-refractivity contribution < 1.29 is 4.79 Å². The van der Waals surface area contributed by atoms with E-state index in [1.165, 1.54) is 0 Å². The number of fused-ring (bicyclic) bond motifs is 1. The fourth-order valence-electron chi connectivity index (χ4n) is 2.56. The second kappa shape index (κ2) is 8.12. The van der Waals surface area contributed by atoms with Crippen molar-refractivity contribution in [1.82, 2.24) is 21.2 Å². The van der Waals surface area contributed by atoms with Crippen molar-refractivity contribution in [3.8, 4) is 11.3 Å². The van der Waals surface area contributed by atoms with Crippen LogP contribution in [0.2, 0.25) is 5.02 Å². The minimum Gasteiger partial charge on any atom is -0.362 e. The first-order valence-corrected chi connectivity index (χ1v) is 8.87. The van der Waals surface area contributed by atoms with E-state index < -0.39 is 0 Å². The zero-order valence-electron chi connectivity index (χ0n) is 14.0. The van der Waals surface area contributed by atoms with E-state index in [4.69, 9.17) is 23.8 Å². The molecule has 132 valence electrons. The third-order valence-electron chi connectivity index (χ3n) is 3.74. The molecule has 0 atom stereocenters. The summed E-state index contributed by atoms with van der Waals surface area (Å²) >= 11 is 11.4. The minimum atomic E-state index is -0.308. The summed E-state index contributed by atoms with van der Waals surface area (Å²) in [5.41, 5.74) is 7.90. The second-order valence-electron chi connectivity index (χ2n) is 5.49. The molecular weight excluding hydrogens is 368 g/mol. The van der Waals surface area contributed by atoms with E-state index in [9.17, 15) is 4.79 Å². The molecule has 0 fully saturated rings. The molecule has 0 aliphatic heterocycles. The van der Waals surface area contributed by atoms with Crippen LogP contribution < -0.4 is 16.2 Å². The molecule has 0 bridgehead atoms. The maximum absolute atomic E-state index is 12.7. The fraction of sp³-hybridized carbons (Fsp3) is 0.105. The molecule has 0 spiro atoms. The third-order valence-corrected chi connectivity index (χ3v) is 4.31. The number of halogens is 1. The highest BCUT2D eigenvalue weighted by molar-refractivity contribution is 7.80. The summed E-state index contributed by atoms with van der Waals surface area (Å²) in [6, 6.07) is 16.6. The van der Waals surface area contributed by atoms with Gasteiger partial charge in [0.1, 0.15) is 0 Å². The fourth-order valence-corrected chi connectivity index (χ4v) is 2.98. The zero-order valence-corrected chi connectivity index (χ0v) is 15.6. The number of amides is 1. The highest BCUT2D eigenvalue weighted by Gasteiger charge is 2.15. The van der Waals surface area contributed by atoms with Gasteiger partial charge in [-0.05, 0) is 37.3 Å². The maximum atomic E-state index is 12.7. The average Bonchev–Trinajstić information content (AvgIpc) is 2.66. The lowest BCUT2D eigenvalue weighted by atomic mass is 10.0. The maximum Gasteiger partial charge on any atom is 0.270 e. The Morgan fingerprint density at radius 2 is 1.85 bits per heavy atom. The first-order chi connectivity index (χ1) is 12.6. The van der Waals surface area contributed by atoms with E-state index in [0.29, 0.717) is 33.5 Å². The van der Waals surface area contributed by atoms with Crippen LogP contribution in [-0.2, 0) is 0 Å². The van der Waals surface area contributed by atoms with Crippen LogP contribution in [0.4, 0.5) is 0 Å². The van der Waals surface area contributed by atoms with Crippen molar-refractivity contribution in [2.75, 3.05) is 6.54 Å². The van der Waals surface area contributed by atoms with Crippen LogP contribution in [0.15, 0.2) is 54.6 Å². The Morgan fingerprint density at radius 1 is 1.12 bits per heavy atom. The van der Waals surface area contributed by atoms with Gasteiger partial charge in [0, 0.05) is 22.5 Å². The number of thiocarbonyl (C=S) groups is 1. The number of pyridine rings is 1. The van der Waals surface area contributed by atoms with Gasteiger partial charge >= 0.3 is 0 Å². The number of hydrogen-bond donors (Lipinski definition) is 3. The molecule has 3 rings (SSSR count). The van der Waals surface area contributed by atoms with E-state index in [2.05, 4.69) is 21.2 Å². The highest BCUT2D eigenvalue weighted by atomic mass is 35.5. The molecule has 3 N–H and O–H groups in total. The Hall–Kier alpha value is -2.70. The summed E-state index contributed by atoms with van der Waals surface area (Å²) in [7, 11) is 0. The van der Waals surface area contributed by atoms with Crippen LogP contribution >= 0.6 is 23.8 Å². The number of rotatable bonds is 3. The summed E-state index contributed by atoms with van der Waals surface area (Å²) in [5.74, 6) is -0.308. The Labute approximate surface area is 161 Å². The van der Waals surface area contributed by atoms with Crippen molar-refractivity contribution in [3.63, 3.8) is 0 Å². The largest absolute Gasteiger partial charge is 0.362 e. The number of hydrogen-bond acceptors (Lipinski definition) is 3. The van der Waals surface area contributed by atoms with Gasteiger partial charge in [0.05, 0.1) is 16.8 Å². The van der Waals surface area contributed by atoms with E-state index in [1.54, 1.807) is 12.1 Å². The molecule has 0 saturated carbocycles. The lowest BCUT2D eigenvalue weighted by molar-refractivity contribution is 0.0945. The van der Waals surface area contributed by atoms with Gasteiger partial charge in [-0.3, -0.25) is 15.6 Å². The minimum absolute atomic E-state index is 0.308. The molecule has 3 aromatic rings. The summed E-state index contributed by atoms with van der Waals surface area (Å²) < 4.78 is 0. The number of aromatic nitrogens is 1. The highest BCUT2D eigenvalue weighted by Crippen LogP contribution is 2.29. The first-order valence-electron chi connectivity index (χ1n) is 8.09. The molecule has 1 aromatic heterocycles. The van der Waals surface area contributed by atoms with Gasteiger partial charge in [-0.1, -0.05) is 48.0 Å². The molecule has 26 heavy (non-hydrogen) atoms. The summed E-state index contributed by atoms with van der Waals surface area (Å²) in [4.78, 5) is 17.4. The third kappa shape index (κ3) is 3.92. The number of nitrogens with one attached hydrogen (secondary N) is 3. The van der Waals surface area contributed by atoms with Gasteiger partial charge in [-0.2, -0.15) is 0 Å². The SMILES string of the molecule is CCNC(=S)NNC(=O)c1cc(-c2ccccc2Cl)nc2ccccc12. The predicted molar refractivity (Wildman–Crippen MR) is 109 cm³/mol. The van der Waals surface area contributed by atoms with Gasteiger partial charge in [0.15, 0.2) is 5.11 Å². The molecule has 1 heterocycles. The normalized spacial score (nSPS) is 10.4. The molecule has 2 aromatic carbocycles. The molecule has 5 nitrogen and oxygen atoms in total. The number of carbonyl (C=O) groups is 1. The van der Waals surface area contributed by atoms with Crippen molar-refractivity contribution in [3.05, 3.63) is 65.2 Å². The summed E-state index contributed by atoms with van der Waals surface area (Å²) in [5, 5.41) is 4.59. The second-order valence-corrected chi connectivity index (χ2v) is 6.31. The van der Waals surface area contributed by atoms with Gasteiger partial charge in [0.25, 0.3) is 5.91 Å². The molecule has 7 heteroatoms. The summed E-state index contributed by atoms with van der Waals surface area (Å²) in [6.07, 6.45) is 0. The van der Waals surface area contributed by atoms with Crippen LogP contribution in [-0.4, -0.2) is 22.5 Å². The molecule has 0 unspecified atom stereocenters. The van der Waals surface area contributed by atoms with Crippen LogP contribution in [0.3, 0.4) is 0 Å².